The number of H-pyrrole nitrogens is 1. The maximum atomic E-state index is 9.97. The lowest BCUT2D eigenvalue weighted by Crippen LogP contribution is -1.85. The normalized spacial score (nSPS) is 10.8. The van der Waals surface area contributed by atoms with Crippen LogP contribution in [0.4, 0.5) is 0 Å². The first kappa shape index (κ1) is 15.4. The van der Waals surface area contributed by atoms with Crippen molar-refractivity contribution in [2.45, 2.75) is 0 Å². The second-order valence-corrected chi connectivity index (χ2v) is 5.99. The Labute approximate surface area is 149 Å². The summed E-state index contributed by atoms with van der Waals surface area (Å²) < 4.78 is 0. The number of hydrogen-bond donors (Lipinski definition) is 2. The summed E-state index contributed by atoms with van der Waals surface area (Å²) >= 11 is 5.94. The van der Waals surface area contributed by atoms with Crippen LogP contribution >= 0.6 is 11.6 Å². The molecule has 0 radical (unpaired) electrons. The van der Waals surface area contributed by atoms with E-state index in [1.807, 2.05) is 48.5 Å². The van der Waals surface area contributed by atoms with Crippen LogP contribution in [0.3, 0.4) is 0 Å². The van der Waals surface area contributed by atoms with Gasteiger partial charge in [0.1, 0.15) is 11.6 Å². The minimum absolute atomic E-state index is 0.0344. The number of phenolic OH excluding ortho intramolecular Hbond substituents is 1. The fourth-order valence-electron chi connectivity index (χ4n) is 2.69. The van der Waals surface area contributed by atoms with E-state index in [0.29, 0.717) is 5.02 Å². The Kier molecular flexibility index (Phi) is 3.96. The monoisotopic (exact) mass is 347 g/mol. The number of imidazole rings is 1. The number of aromatic hydroxyl groups is 1. The van der Waals surface area contributed by atoms with E-state index in [1.54, 1.807) is 24.5 Å². The molecule has 5 heteroatoms. The number of nitrogens with zero attached hydrogens (tertiary/aromatic N) is 2. The van der Waals surface area contributed by atoms with Gasteiger partial charge in [-0.05, 0) is 24.3 Å². The van der Waals surface area contributed by atoms with Crippen molar-refractivity contribution >= 4 is 11.6 Å². The third kappa shape index (κ3) is 2.99. The minimum atomic E-state index is 0.0344. The zero-order chi connectivity index (χ0) is 17.2. The van der Waals surface area contributed by atoms with Crippen molar-refractivity contribution in [1.82, 2.24) is 15.0 Å². The molecule has 0 fully saturated rings. The number of aromatic amines is 1. The van der Waals surface area contributed by atoms with Gasteiger partial charge in [0.05, 0.1) is 16.4 Å². The average molecular weight is 348 g/mol. The summed E-state index contributed by atoms with van der Waals surface area (Å²) in [5, 5.41) is 10.3. The highest BCUT2D eigenvalue weighted by Gasteiger charge is 2.16. The lowest BCUT2D eigenvalue weighted by molar-refractivity contribution is 0.476. The molecule has 0 aliphatic carbocycles. The molecule has 0 spiro atoms. The lowest BCUT2D eigenvalue weighted by atomic mass is 10.1. The van der Waals surface area contributed by atoms with Crippen LogP contribution in [-0.2, 0) is 0 Å². The maximum absolute atomic E-state index is 9.97. The summed E-state index contributed by atoms with van der Waals surface area (Å²) in [4.78, 5) is 12.3. The van der Waals surface area contributed by atoms with Gasteiger partial charge in [-0.2, -0.15) is 0 Å². The first-order chi connectivity index (χ1) is 12.2. The largest absolute Gasteiger partial charge is 0.506 e. The third-order valence-corrected chi connectivity index (χ3v) is 4.24. The second-order valence-electron chi connectivity index (χ2n) is 5.58. The molecule has 25 heavy (non-hydrogen) atoms. The molecule has 2 aromatic heterocycles. The molecule has 0 bridgehead atoms. The van der Waals surface area contributed by atoms with Gasteiger partial charge in [0, 0.05) is 29.1 Å². The van der Waals surface area contributed by atoms with Gasteiger partial charge in [0.15, 0.2) is 0 Å². The van der Waals surface area contributed by atoms with Crippen molar-refractivity contribution in [3.63, 3.8) is 0 Å². The molecule has 0 saturated heterocycles. The van der Waals surface area contributed by atoms with Crippen molar-refractivity contribution in [3.8, 4) is 39.7 Å². The lowest BCUT2D eigenvalue weighted by Gasteiger charge is -2.04. The van der Waals surface area contributed by atoms with Crippen molar-refractivity contribution in [1.29, 1.82) is 0 Å². The maximum Gasteiger partial charge on any atom is 0.138 e. The zero-order valence-electron chi connectivity index (χ0n) is 13.1. The molecule has 0 unspecified atom stereocenters. The molecule has 2 aromatic carbocycles. The van der Waals surface area contributed by atoms with E-state index in [4.69, 9.17) is 16.6 Å². The smallest absolute Gasteiger partial charge is 0.138 e. The molecule has 4 nitrogen and oxygen atoms in total. The van der Waals surface area contributed by atoms with Crippen LogP contribution < -0.4 is 0 Å². The summed E-state index contributed by atoms with van der Waals surface area (Å²) in [6.07, 6.45) is 3.49. The van der Waals surface area contributed by atoms with E-state index in [0.717, 1.165) is 33.9 Å². The van der Waals surface area contributed by atoms with E-state index in [-0.39, 0.29) is 5.75 Å². The van der Waals surface area contributed by atoms with Gasteiger partial charge in [0.2, 0.25) is 0 Å². The third-order valence-electron chi connectivity index (χ3n) is 3.92. The number of halogens is 1. The Bertz CT molecular complexity index is 1010. The standard InChI is InChI=1S/C20H14ClN3O/c21-16-9-8-14(11-17(16)25)18-19(15-7-4-10-22-12-15)24-20(23-18)13-5-2-1-3-6-13/h1-12,25H,(H,23,24). The molecular formula is C20H14ClN3O. The van der Waals surface area contributed by atoms with E-state index in [1.165, 1.54) is 0 Å². The van der Waals surface area contributed by atoms with Crippen molar-refractivity contribution in [2.24, 2.45) is 0 Å². The van der Waals surface area contributed by atoms with Gasteiger partial charge >= 0.3 is 0 Å². The molecular weight excluding hydrogens is 334 g/mol. The quantitative estimate of drug-likeness (QED) is 0.537. The van der Waals surface area contributed by atoms with Crippen LogP contribution in [-0.4, -0.2) is 20.1 Å². The van der Waals surface area contributed by atoms with Crippen LogP contribution in [0, 0.1) is 0 Å². The molecule has 0 aliphatic rings. The number of benzene rings is 2. The summed E-state index contributed by atoms with van der Waals surface area (Å²) in [5.41, 5.74) is 4.25. The second kappa shape index (κ2) is 6.42. The Hall–Kier alpha value is -3.11. The van der Waals surface area contributed by atoms with Gasteiger partial charge < -0.3 is 10.1 Å². The van der Waals surface area contributed by atoms with Crippen LogP contribution in [0.5, 0.6) is 5.75 Å². The van der Waals surface area contributed by atoms with Crippen LogP contribution in [0.15, 0.2) is 73.1 Å². The summed E-state index contributed by atoms with van der Waals surface area (Å²) in [7, 11) is 0. The van der Waals surface area contributed by atoms with Crippen molar-refractivity contribution in [2.75, 3.05) is 0 Å². The molecule has 4 aromatic rings. The van der Waals surface area contributed by atoms with Crippen LogP contribution in [0.1, 0.15) is 0 Å². The summed E-state index contributed by atoms with van der Waals surface area (Å²) in [6.45, 7) is 0. The van der Waals surface area contributed by atoms with Crippen molar-refractivity contribution in [3.05, 3.63) is 78.1 Å². The predicted molar refractivity (Wildman–Crippen MR) is 99.4 cm³/mol. The fourth-order valence-corrected chi connectivity index (χ4v) is 2.81. The molecule has 2 N–H and O–H groups in total. The van der Waals surface area contributed by atoms with Gasteiger partial charge in [-0.15, -0.1) is 0 Å². The average Bonchev–Trinajstić information content (AvgIpc) is 3.11. The first-order valence-electron chi connectivity index (χ1n) is 7.77. The summed E-state index contributed by atoms with van der Waals surface area (Å²) in [6, 6.07) is 18.9. The molecule has 0 saturated carbocycles. The van der Waals surface area contributed by atoms with Gasteiger partial charge in [0.25, 0.3) is 0 Å². The van der Waals surface area contributed by atoms with Gasteiger partial charge in [-0.1, -0.05) is 48.0 Å². The number of pyridine rings is 1. The van der Waals surface area contributed by atoms with Crippen LogP contribution in [0.25, 0.3) is 33.9 Å². The van der Waals surface area contributed by atoms with Crippen LogP contribution in [0.2, 0.25) is 5.02 Å². The Morgan fingerprint density at radius 1 is 0.880 bits per heavy atom. The highest BCUT2D eigenvalue weighted by atomic mass is 35.5. The number of phenols is 1. The number of hydrogen-bond acceptors (Lipinski definition) is 3. The SMILES string of the molecule is Oc1cc(-c2[nH]c(-c3ccccc3)nc2-c2cccnc2)ccc1Cl. The Morgan fingerprint density at radius 3 is 2.40 bits per heavy atom. The van der Waals surface area contributed by atoms with Gasteiger partial charge in [-0.3, -0.25) is 4.98 Å². The molecule has 4 rings (SSSR count). The summed E-state index contributed by atoms with van der Waals surface area (Å²) in [5.74, 6) is 0.788. The Morgan fingerprint density at radius 2 is 1.68 bits per heavy atom. The van der Waals surface area contributed by atoms with Crippen molar-refractivity contribution < 1.29 is 5.11 Å². The highest BCUT2D eigenvalue weighted by Crippen LogP contribution is 2.35. The molecule has 2 heterocycles. The first-order valence-corrected chi connectivity index (χ1v) is 8.15. The zero-order valence-corrected chi connectivity index (χ0v) is 13.9. The Balaban J connectivity index is 1.92. The molecule has 0 aliphatic heterocycles. The molecule has 0 atom stereocenters. The molecule has 0 amide bonds. The van der Waals surface area contributed by atoms with E-state index >= 15 is 0 Å². The highest BCUT2D eigenvalue weighted by molar-refractivity contribution is 6.32. The number of aromatic nitrogens is 3. The fraction of sp³-hybridized carbons (Fsp3) is 0. The number of nitrogens with one attached hydrogen (secondary N) is 1. The molecule has 122 valence electrons. The predicted octanol–water partition coefficient (Wildman–Crippen LogP) is 5.16. The van der Waals surface area contributed by atoms with E-state index in [9.17, 15) is 5.11 Å². The number of rotatable bonds is 3. The topological polar surface area (TPSA) is 61.8 Å². The van der Waals surface area contributed by atoms with E-state index in [2.05, 4.69) is 9.97 Å². The minimum Gasteiger partial charge on any atom is -0.506 e. The van der Waals surface area contributed by atoms with E-state index < -0.39 is 0 Å². The van der Waals surface area contributed by atoms with Gasteiger partial charge in [-0.25, -0.2) is 4.98 Å².